The molecule has 2 rings (SSSR count). The second kappa shape index (κ2) is 6.76. The molecule has 0 radical (unpaired) electrons. The van der Waals surface area contributed by atoms with Crippen molar-refractivity contribution in [3.05, 3.63) is 29.1 Å². The quantitative estimate of drug-likeness (QED) is 0.628. The number of benzene rings is 1. The minimum absolute atomic E-state index is 0.218. The van der Waals surface area contributed by atoms with Crippen LogP contribution >= 0.6 is 0 Å². The van der Waals surface area contributed by atoms with Crippen LogP contribution in [0.3, 0.4) is 0 Å². The molecule has 0 saturated heterocycles. The van der Waals surface area contributed by atoms with Crippen molar-refractivity contribution in [2.24, 2.45) is 4.99 Å². The Morgan fingerprint density at radius 2 is 1.95 bits per heavy atom. The molecule has 116 valence electrons. The van der Waals surface area contributed by atoms with Crippen molar-refractivity contribution >= 4 is 5.96 Å². The van der Waals surface area contributed by atoms with Crippen LogP contribution in [0, 0.1) is 5.82 Å². The minimum Gasteiger partial charge on any atom is -0.467 e. The molecule has 21 heavy (non-hydrogen) atoms. The first-order chi connectivity index (χ1) is 9.99. The Labute approximate surface area is 125 Å². The van der Waals surface area contributed by atoms with Crippen LogP contribution < -0.4 is 4.74 Å². The summed E-state index contributed by atoms with van der Waals surface area (Å²) in [6.07, 6.45) is 0.630. The Hall–Kier alpha value is -1.82. The third-order valence-corrected chi connectivity index (χ3v) is 3.19. The van der Waals surface area contributed by atoms with Crippen molar-refractivity contribution in [3.8, 4) is 5.75 Å². The Bertz CT molecular complexity index is 520. The zero-order valence-corrected chi connectivity index (χ0v) is 13.0. The van der Waals surface area contributed by atoms with Gasteiger partial charge in [0, 0.05) is 40.3 Å². The third kappa shape index (κ3) is 3.85. The van der Waals surface area contributed by atoms with E-state index in [1.807, 2.05) is 38.0 Å². The van der Waals surface area contributed by atoms with E-state index >= 15 is 0 Å². The molecule has 5 nitrogen and oxygen atoms in total. The van der Waals surface area contributed by atoms with Crippen LogP contribution in [0.4, 0.5) is 4.39 Å². The molecule has 0 aromatic heterocycles. The molecule has 1 aliphatic rings. The summed E-state index contributed by atoms with van der Waals surface area (Å²) in [5, 5.41) is 0. The van der Waals surface area contributed by atoms with Crippen molar-refractivity contribution in [2.45, 2.75) is 13.0 Å². The second-order valence-corrected chi connectivity index (χ2v) is 5.38. The van der Waals surface area contributed by atoms with Crippen LogP contribution in [-0.2, 0) is 17.8 Å². The van der Waals surface area contributed by atoms with Crippen LogP contribution in [-0.4, -0.2) is 57.3 Å². The SMILES string of the molecule is CN(C)C(=NCCc1cc(F)cc2c1OCOC2)N(C)C. The fourth-order valence-electron chi connectivity index (χ4n) is 2.40. The van der Waals surface area contributed by atoms with Gasteiger partial charge in [-0.1, -0.05) is 0 Å². The van der Waals surface area contributed by atoms with Gasteiger partial charge in [-0.25, -0.2) is 4.39 Å². The summed E-state index contributed by atoms with van der Waals surface area (Å²) in [5.74, 6) is 1.36. The predicted molar refractivity (Wildman–Crippen MR) is 80.1 cm³/mol. The van der Waals surface area contributed by atoms with E-state index in [-0.39, 0.29) is 12.6 Å². The maximum absolute atomic E-state index is 13.6. The maximum Gasteiger partial charge on any atom is 0.195 e. The molecule has 1 aliphatic heterocycles. The third-order valence-electron chi connectivity index (χ3n) is 3.19. The van der Waals surface area contributed by atoms with E-state index in [1.165, 1.54) is 12.1 Å². The summed E-state index contributed by atoms with van der Waals surface area (Å²) < 4.78 is 24.3. The van der Waals surface area contributed by atoms with Gasteiger partial charge in [0.15, 0.2) is 12.8 Å². The van der Waals surface area contributed by atoms with Crippen molar-refractivity contribution in [2.75, 3.05) is 41.5 Å². The van der Waals surface area contributed by atoms with Gasteiger partial charge in [0.2, 0.25) is 0 Å². The largest absolute Gasteiger partial charge is 0.467 e. The number of fused-ring (bicyclic) bond motifs is 1. The van der Waals surface area contributed by atoms with Crippen LogP contribution in [0.15, 0.2) is 17.1 Å². The number of aliphatic imine (C=N–C) groups is 1. The Morgan fingerprint density at radius 3 is 2.62 bits per heavy atom. The molecular weight excluding hydrogens is 273 g/mol. The average molecular weight is 295 g/mol. The fraction of sp³-hybridized carbons (Fsp3) is 0.533. The fourth-order valence-corrected chi connectivity index (χ4v) is 2.40. The molecule has 1 heterocycles. The minimum atomic E-state index is -0.262. The van der Waals surface area contributed by atoms with Crippen molar-refractivity contribution in [1.82, 2.24) is 9.80 Å². The highest BCUT2D eigenvalue weighted by Gasteiger charge is 2.16. The predicted octanol–water partition coefficient (Wildman–Crippen LogP) is 1.71. The molecule has 0 fully saturated rings. The Morgan fingerprint density at radius 1 is 1.24 bits per heavy atom. The monoisotopic (exact) mass is 295 g/mol. The average Bonchev–Trinajstić information content (AvgIpc) is 2.42. The van der Waals surface area contributed by atoms with Gasteiger partial charge in [0.05, 0.1) is 6.61 Å². The van der Waals surface area contributed by atoms with Gasteiger partial charge in [0.1, 0.15) is 11.6 Å². The van der Waals surface area contributed by atoms with Gasteiger partial charge < -0.3 is 19.3 Å². The van der Waals surface area contributed by atoms with Crippen LogP contribution in [0.5, 0.6) is 5.75 Å². The number of hydrogen-bond acceptors (Lipinski definition) is 3. The number of nitrogens with zero attached hydrogens (tertiary/aromatic N) is 3. The topological polar surface area (TPSA) is 37.3 Å². The first kappa shape index (κ1) is 15.6. The van der Waals surface area contributed by atoms with Crippen LogP contribution in [0.2, 0.25) is 0 Å². The van der Waals surface area contributed by atoms with Crippen molar-refractivity contribution in [3.63, 3.8) is 0 Å². The van der Waals surface area contributed by atoms with E-state index in [0.717, 1.165) is 22.8 Å². The Kier molecular flexibility index (Phi) is 5.01. The molecule has 0 spiro atoms. The lowest BCUT2D eigenvalue weighted by Crippen LogP contribution is -2.35. The standard InChI is InChI=1S/C15H22FN3O2/c1-18(2)15(19(3)4)17-6-5-11-7-13(16)8-12-9-20-10-21-14(11)12/h7-8H,5-6,9-10H2,1-4H3. The van der Waals surface area contributed by atoms with E-state index < -0.39 is 0 Å². The van der Waals surface area contributed by atoms with Gasteiger partial charge in [-0.2, -0.15) is 0 Å². The summed E-state index contributed by atoms with van der Waals surface area (Å²) in [6.45, 7) is 1.19. The number of hydrogen-bond donors (Lipinski definition) is 0. The van der Waals surface area contributed by atoms with E-state index in [1.54, 1.807) is 0 Å². The molecule has 6 heteroatoms. The molecule has 0 bridgehead atoms. The summed E-state index contributed by atoms with van der Waals surface area (Å²) in [6, 6.07) is 2.98. The first-order valence-corrected chi connectivity index (χ1v) is 6.90. The van der Waals surface area contributed by atoms with Crippen LogP contribution in [0.25, 0.3) is 0 Å². The molecule has 0 unspecified atom stereocenters. The molecule has 1 aromatic carbocycles. The Balaban J connectivity index is 2.13. The number of guanidine groups is 1. The highest BCUT2D eigenvalue weighted by molar-refractivity contribution is 5.79. The molecule has 0 saturated carbocycles. The van der Waals surface area contributed by atoms with E-state index in [9.17, 15) is 4.39 Å². The lowest BCUT2D eigenvalue weighted by molar-refractivity contribution is -0.0172. The lowest BCUT2D eigenvalue weighted by Gasteiger charge is -2.23. The van der Waals surface area contributed by atoms with Gasteiger partial charge >= 0.3 is 0 Å². The normalized spacial score (nSPS) is 13.2. The van der Waals surface area contributed by atoms with Crippen molar-refractivity contribution < 1.29 is 13.9 Å². The highest BCUT2D eigenvalue weighted by atomic mass is 19.1. The molecular formula is C15H22FN3O2. The molecule has 0 aliphatic carbocycles. The molecule has 0 atom stereocenters. The molecule has 1 aromatic rings. The number of halogens is 1. The van der Waals surface area contributed by atoms with E-state index in [2.05, 4.69) is 4.99 Å². The van der Waals surface area contributed by atoms with Gasteiger partial charge in [0.25, 0.3) is 0 Å². The van der Waals surface area contributed by atoms with Crippen LogP contribution in [0.1, 0.15) is 11.1 Å². The van der Waals surface area contributed by atoms with E-state index in [0.29, 0.717) is 19.6 Å². The van der Waals surface area contributed by atoms with Gasteiger partial charge in [-0.3, -0.25) is 4.99 Å². The van der Waals surface area contributed by atoms with E-state index in [4.69, 9.17) is 9.47 Å². The highest BCUT2D eigenvalue weighted by Crippen LogP contribution is 2.29. The summed E-state index contributed by atoms with van der Waals surface area (Å²) in [4.78, 5) is 8.46. The second-order valence-electron chi connectivity index (χ2n) is 5.38. The number of rotatable bonds is 3. The smallest absolute Gasteiger partial charge is 0.195 e. The molecule has 0 amide bonds. The maximum atomic E-state index is 13.6. The van der Waals surface area contributed by atoms with Gasteiger partial charge in [-0.15, -0.1) is 0 Å². The zero-order valence-electron chi connectivity index (χ0n) is 13.0. The zero-order chi connectivity index (χ0) is 15.4. The first-order valence-electron chi connectivity index (χ1n) is 6.90. The molecule has 0 N–H and O–H groups in total. The van der Waals surface area contributed by atoms with Crippen molar-refractivity contribution in [1.29, 1.82) is 0 Å². The lowest BCUT2D eigenvalue weighted by atomic mass is 10.1. The summed E-state index contributed by atoms with van der Waals surface area (Å²) >= 11 is 0. The summed E-state index contributed by atoms with van der Waals surface area (Å²) in [7, 11) is 7.79. The number of ether oxygens (including phenoxy) is 2. The van der Waals surface area contributed by atoms with Gasteiger partial charge in [-0.05, 0) is 24.1 Å². The summed E-state index contributed by atoms with van der Waals surface area (Å²) in [5.41, 5.74) is 1.61.